The zero-order valence-electron chi connectivity index (χ0n) is 16.2. The van der Waals surface area contributed by atoms with E-state index in [0.29, 0.717) is 41.3 Å². The zero-order valence-corrected chi connectivity index (χ0v) is 16.2. The van der Waals surface area contributed by atoms with Crippen LogP contribution in [0.2, 0.25) is 0 Å². The first kappa shape index (κ1) is 18.4. The lowest BCUT2D eigenvalue weighted by molar-refractivity contribution is 0.627. The lowest BCUT2D eigenvalue weighted by atomic mass is 10.0. The molecule has 0 fully saturated rings. The van der Waals surface area contributed by atoms with E-state index in [0.717, 1.165) is 17.5 Å². The van der Waals surface area contributed by atoms with Crippen LogP contribution in [-0.4, -0.2) is 14.5 Å². The second-order valence-corrected chi connectivity index (χ2v) is 7.36. The highest BCUT2D eigenvalue weighted by Gasteiger charge is 2.18. The summed E-state index contributed by atoms with van der Waals surface area (Å²) in [6.45, 7) is 0.501. The van der Waals surface area contributed by atoms with Crippen molar-refractivity contribution in [3.63, 3.8) is 0 Å². The summed E-state index contributed by atoms with van der Waals surface area (Å²) in [4.78, 5) is 8.97. The van der Waals surface area contributed by atoms with Crippen LogP contribution in [0.1, 0.15) is 24.2 Å². The van der Waals surface area contributed by atoms with Crippen molar-refractivity contribution in [1.29, 1.82) is 0 Å². The highest BCUT2D eigenvalue weighted by atomic mass is 19.1. The van der Waals surface area contributed by atoms with E-state index in [4.69, 9.17) is 0 Å². The Hall–Kier alpha value is -3.60. The first-order valence-electron chi connectivity index (χ1n) is 9.91. The summed E-state index contributed by atoms with van der Waals surface area (Å²) in [5, 5.41) is 0. The Balaban J connectivity index is 1.41. The third-order valence-corrected chi connectivity index (χ3v) is 5.25. The van der Waals surface area contributed by atoms with Crippen molar-refractivity contribution in [3.05, 3.63) is 102 Å². The van der Waals surface area contributed by atoms with E-state index in [1.165, 1.54) is 0 Å². The highest BCUT2D eigenvalue weighted by Crippen LogP contribution is 2.30. The first-order chi connectivity index (χ1) is 14.7. The molecule has 0 spiro atoms. The fourth-order valence-electron chi connectivity index (χ4n) is 3.73. The van der Waals surface area contributed by atoms with Crippen LogP contribution >= 0.6 is 0 Å². The quantitative estimate of drug-likeness (QED) is 0.405. The van der Waals surface area contributed by atoms with Crippen molar-refractivity contribution >= 4 is 5.57 Å². The molecule has 0 saturated heterocycles. The van der Waals surface area contributed by atoms with Gasteiger partial charge in [-0.15, -0.1) is 0 Å². The number of imidazole rings is 1. The monoisotopic (exact) mass is 399 g/mol. The number of allylic oxidation sites excluding steroid dienone is 4. The lowest BCUT2D eigenvalue weighted by Gasteiger charge is -2.10. The van der Waals surface area contributed by atoms with Gasteiger partial charge in [-0.2, -0.15) is 0 Å². The van der Waals surface area contributed by atoms with Crippen molar-refractivity contribution in [3.8, 4) is 22.5 Å². The van der Waals surface area contributed by atoms with Crippen molar-refractivity contribution in [2.75, 3.05) is 0 Å². The van der Waals surface area contributed by atoms with E-state index in [-0.39, 0.29) is 11.6 Å². The van der Waals surface area contributed by atoms with Gasteiger partial charge in [-0.25, -0.2) is 18.7 Å². The van der Waals surface area contributed by atoms with Gasteiger partial charge in [0, 0.05) is 24.5 Å². The SMILES string of the molecule is FC1=CCCC=C1c1nc2ccn(Cc3ccc(-c4ccccc4)c(F)c3)cc-2n1. The Kier molecular flexibility index (Phi) is 4.71. The molecule has 2 heterocycles. The first-order valence-corrected chi connectivity index (χ1v) is 9.91. The third kappa shape index (κ3) is 3.54. The molecule has 0 radical (unpaired) electrons. The highest BCUT2D eigenvalue weighted by molar-refractivity contribution is 5.76. The largest absolute Gasteiger partial charge is 0.348 e. The number of fused-ring (bicyclic) bond motifs is 1. The van der Waals surface area contributed by atoms with Crippen LogP contribution in [-0.2, 0) is 6.54 Å². The summed E-state index contributed by atoms with van der Waals surface area (Å²) in [6.07, 6.45) is 8.65. The van der Waals surface area contributed by atoms with E-state index in [9.17, 15) is 8.78 Å². The van der Waals surface area contributed by atoms with Crippen LogP contribution in [0.5, 0.6) is 0 Å². The van der Waals surface area contributed by atoms with Gasteiger partial charge in [0.25, 0.3) is 0 Å². The summed E-state index contributed by atoms with van der Waals surface area (Å²) in [5.74, 6) is -0.102. The second-order valence-electron chi connectivity index (χ2n) is 7.36. The molecule has 3 aliphatic rings. The molecular formula is C25H19F2N3. The van der Waals surface area contributed by atoms with Gasteiger partial charge in [0.15, 0.2) is 5.82 Å². The zero-order chi connectivity index (χ0) is 20.5. The Labute approximate surface area is 173 Å². The maximum atomic E-state index is 14.7. The molecule has 2 aliphatic heterocycles. The average Bonchev–Trinajstić information content (AvgIpc) is 3.18. The fourth-order valence-corrected chi connectivity index (χ4v) is 3.73. The smallest absolute Gasteiger partial charge is 0.163 e. The molecule has 30 heavy (non-hydrogen) atoms. The number of hydrogen-bond donors (Lipinski definition) is 0. The Morgan fingerprint density at radius 1 is 0.867 bits per heavy atom. The molecule has 0 N–H and O–H groups in total. The summed E-state index contributed by atoms with van der Waals surface area (Å²) in [6, 6.07) is 16.7. The molecule has 5 heteroatoms. The van der Waals surface area contributed by atoms with Crippen LogP contribution in [0.3, 0.4) is 0 Å². The lowest BCUT2D eigenvalue weighted by Crippen LogP contribution is -2.01. The maximum absolute atomic E-state index is 14.7. The fraction of sp³-hybridized carbons (Fsp3) is 0.120. The van der Waals surface area contributed by atoms with Gasteiger partial charge in [0.1, 0.15) is 17.3 Å². The van der Waals surface area contributed by atoms with Crippen molar-refractivity contribution in [1.82, 2.24) is 14.5 Å². The normalized spacial score (nSPS) is 13.9. The topological polar surface area (TPSA) is 30.7 Å². The number of pyridine rings is 1. The predicted molar refractivity (Wildman–Crippen MR) is 114 cm³/mol. The number of rotatable bonds is 4. The molecular weight excluding hydrogens is 380 g/mol. The van der Waals surface area contributed by atoms with E-state index < -0.39 is 0 Å². The molecule has 3 nitrogen and oxygen atoms in total. The predicted octanol–water partition coefficient (Wildman–Crippen LogP) is 6.27. The van der Waals surface area contributed by atoms with Gasteiger partial charge in [0.05, 0.1) is 11.3 Å². The minimum absolute atomic E-state index is 0.248. The molecule has 2 aromatic rings. The summed E-state index contributed by atoms with van der Waals surface area (Å²) < 4.78 is 30.7. The number of aromatic nitrogens is 3. The van der Waals surface area contributed by atoms with Crippen LogP contribution in [0.15, 0.2) is 85.0 Å². The molecule has 2 aromatic carbocycles. The summed E-state index contributed by atoms with van der Waals surface area (Å²) in [5.41, 5.74) is 4.15. The standard InChI is InChI=1S/C25H19F2N3/c26-21-9-5-4-8-20(21)25-28-23-12-13-30(16-24(23)29-25)15-17-10-11-19(22(27)14-17)18-6-2-1-3-7-18/h1-3,6-14,16H,4-5,15H2. The number of benzene rings is 2. The third-order valence-electron chi connectivity index (χ3n) is 5.25. The molecule has 1 aliphatic carbocycles. The summed E-state index contributed by atoms with van der Waals surface area (Å²) >= 11 is 0. The van der Waals surface area contributed by atoms with Crippen molar-refractivity contribution < 1.29 is 8.78 Å². The molecule has 0 atom stereocenters. The number of halogens is 2. The molecule has 0 bridgehead atoms. The van der Waals surface area contributed by atoms with Gasteiger partial charge in [-0.1, -0.05) is 48.5 Å². The molecule has 0 unspecified atom stereocenters. The van der Waals surface area contributed by atoms with E-state index >= 15 is 0 Å². The Morgan fingerprint density at radius 3 is 2.47 bits per heavy atom. The van der Waals surface area contributed by atoms with Crippen LogP contribution in [0.4, 0.5) is 8.78 Å². The minimum Gasteiger partial charge on any atom is -0.348 e. The number of hydrogen-bond acceptors (Lipinski definition) is 2. The van der Waals surface area contributed by atoms with Gasteiger partial charge >= 0.3 is 0 Å². The maximum Gasteiger partial charge on any atom is 0.163 e. The van der Waals surface area contributed by atoms with Gasteiger partial charge in [0.2, 0.25) is 0 Å². The molecule has 5 rings (SSSR count). The Bertz CT molecular complexity index is 1240. The Morgan fingerprint density at radius 2 is 1.67 bits per heavy atom. The average molecular weight is 399 g/mol. The van der Waals surface area contributed by atoms with Crippen molar-refractivity contribution in [2.24, 2.45) is 0 Å². The van der Waals surface area contributed by atoms with Crippen LogP contribution in [0.25, 0.3) is 28.1 Å². The van der Waals surface area contributed by atoms with Gasteiger partial charge < -0.3 is 4.57 Å². The minimum atomic E-state index is -0.265. The van der Waals surface area contributed by atoms with E-state index in [1.807, 2.05) is 71.6 Å². The van der Waals surface area contributed by atoms with E-state index in [1.54, 1.807) is 12.1 Å². The molecule has 148 valence electrons. The van der Waals surface area contributed by atoms with Crippen LogP contribution < -0.4 is 0 Å². The molecule has 0 amide bonds. The number of nitrogens with zero attached hydrogens (tertiary/aromatic N) is 3. The summed E-state index contributed by atoms with van der Waals surface area (Å²) in [7, 11) is 0. The van der Waals surface area contributed by atoms with Crippen LogP contribution in [0, 0.1) is 5.82 Å². The van der Waals surface area contributed by atoms with Crippen molar-refractivity contribution in [2.45, 2.75) is 19.4 Å². The van der Waals surface area contributed by atoms with Gasteiger partial charge in [-0.05, 0) is 42.2 Å². The molecule has 0 saturated carbocycles. The van der Waals surface area contributed by atoms with Gasteiger partial charge in [-0.3, -0.25) is 0 Å². The second kappa shape index (κ2) is 7.67. The van der Waals surface area contributed by atoms with E-state index in [2.05, 4.69) is 9.97 Å². The molecule has 0 aromatic heterocycles.